The number of ether oxygens (including phenoxy) is 1. The molecule has 0 bridgehead atoms. The summed E-state index contributed by atoms with van der Waals surface area (Å²) in [6.07, 6.45) is 0.704. The average Bonchev–Trinajstić information content (AvgIpc) is 2.45. The molecule has 0 amide bonds. The van der Waals surface area contributed by atoms with Gasteiger partial charge in [-0.2, -0.15) is 0 Å². The molecule has 1 rings (SSSR count). The SMILES string of the molecule is CCN(CC)CCOc1ccccc1C#CCCCl. The highest BCUT2D eigenvalue weighted by atomic mass is 35.5. The van der Waals surface area contributed by atoms with E-state index in [4.69, 9.17) is 16.3 Å². The van der Waals surface area contributed by atoms with Gasteiger partial charge >= 0.3 is 0 Å². The largest absolute Gasteiger partial charge is 0.491 e. The zero-order chi connectivity index (χ0) is 13.9. The number of nitrogens with zero attached hydrogens (tertiary/aromatic N) is 1. The highest BCUT2D eigenvalue weighted by molar-refractivity contribution is 6.18. The van der Waals surface area contributed by atoms with Crippen molar-refractivity contribution >= 4 is 11.6 Å². The van der Waals surface area contributed by atoms with Crippen molar-refractivity contribution in [2.75, 3.05) is 32.1 Å². The van der Waals surface area contributed by atoms with Gasteiger partial charge in [0.2, 0.25) is 0 Å². The van der Waals surface area contributed by atoms with E-state index in [1.807, 2.05) is 24.3 Å². The first kappa shape index (κ1) is 15.9. The fourth-order valence-electron chi connectivity index (χ4n) is 1.73. The van der Waals surface area contributed by atoms with Crippen LogP contribution in [0.25, 0.3) is 0 Å². The molecule has 0 radical (unpaired) electrons. The first-order valence-electron chi connectivity index (χ1n) is 6.80. The van der Waals surface area contributed by atoms with Gasteiger partial charge < -0.3 is 9.64 Å². The third-order valence-corrected chi connectivity index (χ3v) is 3.08. The first-order chi connectivity index (χ1) is 9.31. The lowest BCUT2D eigenvalue weighted by Crippen LogP contribution is -2.28. The molecule has 0 heterocycles. The Morgan fingerprint density at radius 3 is 2.63 bits per heavy atom. The van der Waals surface area contributed by atoms with Crippen LogP contribution in [0.3, 0.4) is 0 Å². The van der Waals surface area contributed by atoms with Crippen LogP contribution in [0.4, 0.5) is 0 Å². The molecule has 1 aromatic carbocycles. The molecule has 0 N–H and O–H groups in total. The Kier molecular flexibility index (Phi) is 8.13. The van der Waals surface area contributed by atoms with Crippen LogP contribution < -0.4 is 4.74 Å². The van der Waals surface area contributed by atoms with Gasteiger partial charge in [-0.05, 0) is 25.2 Å². The predicted octanol–water partition coefficient (Wildman–Crippen LogP) is 3.39. The molecule has 0 saturated carbocycles. The number of para-hydroxylation sites is 1. The quantitative estimate of drug-likeness (QED) is 0.560. The third-order valence-electron chi connectivity index (χ3n) is 2.89. The highest BCUT2D eigenvalue weighted by Gasteiger charge is 2.02. The normalized spacial score (nSPS) is 10.1. The number of benzene rings is 1. The molecular weight excluding hydrogens is 258 g/mol. The van der Waals surface area contributed by atoms with Gasteiger partial charge in [-0.15, -0.1) is 11.6 Å². The van der Waals surface area contributed by atoms with Crippen LogP contribution in [-0.4, -0.2) is 37.0 Å². The van der Waals surface area contributed by atoms with Gasteiger partial charge in [0.1, 0.15) is 12.4 Å². The Bertz CT molecular complexity index is 418. The van der Waals surface area contributed by atoms with Gasteiger partial charge in [0.05, 0.1) is 5.56 Å². The Balaban J connectivity index is 2.56. The van der Waals surface area contributed by atoms with Gasteiger partial charge in [0.15, 0.2) is 0 Å². The molecule has 2 nitrogen and oxygen atoms in total. The molecule has 0 spiro atoms. The number of hydrogen-bond acceptors (Lipinski definition) is 2. The van der Waals surface area contributed by atoms with E-state index in [-0.39, 0.29) is 0 Å². The average molecular weight is 280 g/mol. The van der Waals surface area contributed by atoms with Crippen LogP contribution in [0.5, 0.6) is 5.75 Å². The van der Waals surface area contributed by atoms with Crippen LogP contribution in [-0.2, 0) is 0 Å². The second kappa shape index (κ2) is 9.72. The summed E-state index contributed by atoms with van der Waals surface area (Å²) in [6.45, 7) is 8.06. The van der Waals surface area contributed by atoms with Crippen molar-refractivity contribution in [2.24, 2.45) is 0 Å². The summed E-state index contributed by atoms with van der Waals surface area (Å²) in [5, 5.41) is 0. The van der Waals surface area contributed by atoms with E-state index in [9.17, 15) is 0 Å². The molecule has 0 aromatic heterocycles. The van der Waals surface area contributed by atoms with Gasteiger partial charge in [-0.1, -0.05) is 37.8 Å². The summed E-state index contributed by atoms with van der Waals surface area (Å²) in [5.74, 6) is 7.57. The molecule has 1 aromatic rings. The molecule has 104 valence electrons. The minimum absolute atomic E-state index is 0.567. The van der Waals surface area contributed by atoms with Crippen molar-refractivity contribution in [3.05, 3.63) is 29.8 Å². The monoisotopic (exact) mass is 279 g/mol. The summed E-state index contributed by atoms with van der Waals surface area (Å²) >= 11 is 5.62. The molecule has 0 fully saturated rings. The standard InChI is InChI=1S/C16H22ClNO/c1-3-18(4-2)13-14-19-16-11-6-5-9-15(16)10-7-8-12-17/h5-6,9,11H,3-4,8,12-14H2,1-2H3. The third kappa shape index (κ3) is 6.00. The van der Waals surface area contributed by atoms with Crippen LogP contribution in [0.15, 0.2) is 24.3 Å². The number of halogens is 1. The second-order valence-electron chi connectivity index (χ2n) is 4.11. The molecule has 19 heavy (non-hydrogen) atoms. The summed E-state index contributed by atoms with van der Waals surface area (Å²) < 4.78 is 5.82. The number of alkyl halides is 1. The van der Waals surface area contributed by atoms with Crippen molar-refractivity contribution in [1.82, 2.24) is 4.90 Å². The summed E-state index contributed by atoms with van der Waals surface area (Å²) in [6, 6.07) is 7.89. The number of hydrogen-bond donors (Lipinski definition) is 0. The maximum absolute atomic E-state index is 5.82. The van der Waals surface area contributed by atoms with Gasteiger partial charge in [-0.25, -0.2) is 0 Å². The first-order valence-corrected chi connectivity index (χ1v) is 7.34. The number of rotatable bonds is 7. The van der Waals surface area contributed by atoms with Crippen molar-refractivity contribution in [3.63, 3.8) is 0 Å². The second-order valence-corrected chi connectivity index (χ2v) is 4.49. The predicted molar refractivity (Wildman–Crippen MR) is 81.9 cm³/mol. The maximum atomic E-state index is 5.82. The van der Waals surface area contributed by atoms with E-state index in [2.05, 4.69) is 30.6 Å². The lowest BCUT2D eigenvalue weighted by molar-refractivity contribution is 0.222. The molecule has 0 aliphatic carbocycles. The van der Waals surface area contributed by atoms with Crippen molar-refractivity contribution < 1.29 is 4.74 Å². The summed E-state index contributed by atoms with van der Waals surface area (Å²) in [5.41, 5.74) is 0.937. The fraction of sp³-hybridized carbons (Fsp3) is 0.500. The van der Waals surface area contributed by atoms with Gasteiger partial charge in [0.25, 0.3) is 0 Å². The fourth-order valence-corrected chi connectivity index (χ4v) is 1.82. The lowest BCUT2D eigenvalue weighted by Gasteiger charge is -2.18. The molecule has 0 aliphatic heterocycles. The van der Waals surface area contributed by atoms with E-state index >= 15 is 0 Å². The van der Waals surface area contributed by atoms with E-state index < -0.39 is 0 Å². The Morgan fingerprint density at radius 2 is 1.95 bits per heavy atom. The zero-order valence-corrected chi connectivity index (χ0v) is 12.5. The Labute approximate surface area is 121 Å². The van der Waals surface area contributed by atoms with Crippen LogP contribution >= 0.6 is 11.6 Å². The van der Waals surface area contributed by atoms with Crippen molar-refractivity contribution in [3.8, 4) is 17.6 Å². The minimum Gasteiger partial charge on any atom is -0.491 e. The van der Waals surface area contributed by atoms with E-state index in [1.54, 1.807) is 0 Å². The van der Waals surface area contributed by atoms with Crippen molar-refractivity contribution in [2.45, 2.75) is 20.3 Å². The molecule has 0 saturated heterocycles. The van der Waals surface area contributed by atoms with E-state index in [0.717, 1.165) is 30.9 Å². The lowest BCUT2D eigenvalue weighted by atomic mass is 10.2. The molecule has 0 atom stereocenters. The molecular formula is C16H22ClNO. The van der Waals surface area contributed by atoms with E-state index in [1.165, 1.54) is 0 Å². The van der Waals surface area contributed by atoms with E-state index in [0.29, 0.717) is 18.9 Å². The van der Waals surface area contributed by atoms with Gasteiger partial charge in [-0.3, -0.25) is 0 Å². The van der Waals surface area contributed by atoms with Crippen LogP contribution in [0.2, 0.25) is 0 Å². The van der Waals surface area contributed by atoms with Crippen LogP contribution in [0, 0.1) is 11.8 Å². The number of likely N-dealkylation sites (N-methyl/N-ethyl adjacent to an activating group) is 1. The maximum Gasteiger partial charge on any atom is 0.134 e. The highest BCUT2D eigenvalue weighted by Crippen LogP contribution is 2.16. The summed E-state index contributed by atoms with van der Waals surface area (Å²) in [7, 11) is 0. The minimum atomic E-state index is 0.567. The van der Waals surface area contributed by atoms with Crippen LogP contribution in [0.1, 0.15) is 25.8 Å². The smallest absolute Gasteiger partial charge is 0.134 e. The zero-order valence-electron chi connectivity index (χ0n) is 11.8. The molecule has 0 aliphatic rings. The van der Waals surface area contributed by atoms with Crippen molar-refractivity contribution in [1.29, 1.82) is 0 Å². The molecule has 3 heteroatoms. The Hall–Kier alpha value is -1.17. The van der Waals surface area contributed by atoms with Gasteiger partial charge in [0, 0.05) is 18.8 Å². The topological polar surface area (TPSA) is 12.5 Å². The Morgan fingerprint density at radius 1 is 1.21 bits per heavy atom. The summed E-state index contributed by atoms with van der Waals surface area (Å²) in [4.78, 5) is 2.34. The molecule has 0 unspecified atom stereocenters.